The number of nitriles is 2. The molecule has 1 atom stereocenters. The highest BCUT2D eigenvalue weighted by atomic mass is 32.2. The zero-order valence-electron chi connectivity index (χ0n) is 22.6. The summed E-state index contributed by atoms with van der Waals surface area (Å²) >= 11 is 0.891. The number of benzene rings is 2. The van der Waals surface area contributed by atoms with Crippen molar-refractivity contribution in [1.82, 2.24) is 4.98 Å². The fourth-order valence-electron chi connectivity index (χ4n) is 4.44. The summed E-state index contributed by atoms with van der Waals surface area (Å²) < 4.78 is 10.5. The highest BCUT2D eigenvalue weighted by Crippen LogP contribution is 2.40. The summed E-state index contributed by atoms with van der Waals surface area (Å²) in [6.45, 7) is 1.46. The Hall–Kier alpha value is -5.72. The number of nitrogens with zero attached hydrogens (tertiary/aromatic N) is 4. The number of hydrogen-bond donors (Lipinski definition) is 1. The van der Waals surface area contributed by atoms with Gasteiger partial charge in [-0.2, -0.15) is 10.5 Å². The summed E-state index contributed by atoms with van der Waals surface area (Å²) in [4.78, 5) is 56.2. The zero-order valence-corrected chi connectivity index (χ0v) is 23.4. The first-order valence-electron chi connectivity index (χ1n) is 12.8. The van der Waals surface area contributed by atoms with E-state index in [4.69, 9.17) is 14.9 Å². The number of thioether (sulfide) groups is 1. The predicted molar refractivity (Wildman–Crippen MR) is 155 cm³/mol. The standard InChI is InChI=1S/C31H21N5O6S/c1-17-4-6-18(7-5-17)23(37)16-42-31(40)19-8-10-20(11-9-19)36-26(38)13-25(30(36)39)43-29-22(15-33)27(24-3-2-12-41-24)21(14-32)28(34)35-29/h2-12,25H,13,16H2,1H3,(H2,34,35). The average molecular weight is 592 g/mol. The fraction of sp³-hybridized carbons (Fsp3) is 0.129. The molecule has 2 amide bonds. The van der Waals surface area contributed by atoms with E-state index in [1.807, 2.05) is 19.1 Å². The normalized spacial score (nSPS) is 14.3. The van der Waals surface area contributed by atoms with Gasteiger partial charge in [0, 0.05) is 12.0 Å². The van der Waals surface area contributed by atoms with Gasteiger partial charge in [-0.15, -0.1) is 0 Å². The van der Waals surface area contributed by atoms with Gasteiger partial charge in [0.1, 0.15) is 34.3 Å². The number of Topliss-reactive ketones (excluding diaryl/α,β-unsaturated/α-hetero) is 1. The number of aryl methyl sites for hydroxylation is 1. The summed E-state index contributed by atoms with van der Waals surface area (Å²) in [6.07, 6.45) is 1.20. The molecule has 1 fully saturated rings. The van der Waals surface area contributed by atoms with Crippen LogP contribution in [-0.2, 0) is 14.3 Å². The second-order valence-electron chi connectivity index (χ2n) is 9.42. The first-order chi connectivity index (χ1) is 20.7. The minimum atomic E-state index is -0.929. The molecule has 0 aliphatic carbocycles. The van der Waals surface area contributed by atoms with Crippen LogP contribution in [0.1, 0.15) is 43.8 Å². The number of esters is 1. The number of nitrogen functional groups attached to an aromatic ring is 1. The van der Waals surface area contributed by atoms with Crippen molar-refractivity contribution in [3.8, 4) is 23.5 Å². The molecule has 1 unspecified atom stereocenters. The summed E-state index contributed by atoms with van der Waals surface area (Å²) in [5.41, 5.74) is 7.90. The third-order valence-electron chi connectivity index (χ3n) is 6.61. The van der Waals surface area contributed by atoms with Gasteiger partial charge < -0.3 is 14.9 Å². The van der Waals surface area contributed by atoms with Gasteiger partial charge in [-0.05, 0) is 43.3 Å². The summed E-state index contributed by atoms with van der Waals surface area (Å²) in [5.74, 6) is -2.05. The van der Waals surface area contributed by atoms with E-state index in [1.54, 1.807) is 36.4 Å². The van der Waals surface area contributed by atoms with Crippen LogP contribution in [0.2, 0.25) is 0 Å². The van der Waals surface area contributed by atoms with Crippen LogP contribution in [0, 0.1) is 29.6 Å². The van der Waals surface area contributed by atoms with Crippen molar-refractivity contribution >= 4 is 46.8 Å². The van der Waals surface area contributed by atoms with E-state index in [-0.39, 0.29) is 56.7 Å². The summed E-state index contributed by atoms with van der Waals surface area (Å²) in [5, 5.41) is 18.7. The van der Waals surface area contributed by atoms with E-state index in [1.165, 1.54) is 30.5 Å². The quantitative estimate of drug-likeness (QED) is 0.174. The number of amides is 2. The van der Waals surface area contributed by atoms with Crippen LogP contribution in [0.5, 0.6) is 0 Å². The molecule has 0 saturated carbocycles. The van der Waals surface area contributed by atoms with Crippen molar-refractivity contribution in [2.24, 2.45) is 0 Å². The molecule has 43 heavy (non-hydrogen) atoms. The number of carbonyl (C=O) groups is 4. The number of rotatable bonds is 8. The Balaban J connectivity index is 1.30. The minimum absolute atomic E-state index is 0.00637. The lowest BCUT2D eigenvalue weighted by Gasteiger charge is -2.16. The van der Waals surface area contributed by atoms with Crippen molar-refractivity contribution in [3.05, 3.63) is 94.7 Å². The van der Waals surface area contributed by atoms with Crippen LogP contribution in [0.3, 0.4) is 0 Å². The monoisotopic (exact) mass is 591 g/mol. The number of anilines is 2. The predicted octanol–water partition coefficient (Wildman–Crippen LogP) is 4.44. The number of ketones is 1. The van der Waals surface area contributed by atoms with Gasteiger partial charge >= 0.3 is 5.97 Å². The molecule has 4 aromatic rings. The number of aromatic nitrogens is 1. The molecule has 2 N–H and O–H groups in total. The van der Waals surface area contributed by atoms with Crippen LogP contribution in [0.15, 0.2) is 76.4 Å². The van der Waals surface area contributed by atoms with Gasteiger partial charge in [-0.25, -0.2) is 14.7 Å². The Kier molecular flexibility index (Phi) is 8.05. The van der Waals surface area contributed by atoms with Crippen molar-refractivity contribution in [2.75, 3.05) is 17.2 Å². The lowest BCUT2D eigenvalue weighted by atomic mass is 10.0. The number of ether oxygens (including phenoxy) is 1. The zero-order chi connectivity index (χ0) is 30.7. The van der Waals surface area contributed by atoms with E-state index >= 15 is 0 Å². The van der Waals surface area contributed by atoms with E-state index in [2.05, 4.69) is 4.98 Å². The molecule has 0 bridgehead atoms. The Morgan fingerprint density at radius 1 is 1.05 bits per heavy atom. The van der Waals surface area contributed by atoms with Gasteiger partial charge in [-0.1, -0.05) is 41.6 Å². The second kappa shape index (κ2) is 12.0. The molecule has 2 aromatic carbocycles. The van der Waals surface area contributed by atoms with Crippen LogP contribution >= 0.6 is 11.8 Å². The lowest BCUT2D eigenvalue weighted by Crippen LogP contribution is -2.31. The molecule has 2 aromatic heterocycles. The number of carbonyl (C=O) groups excluding carboxylic acids is 4. The maximum atomic E-state index is 13.3. The third kappa shape index (κ3) is 5.73. The van der Waals surface area contributed by atoms with Crippen LogP contribution in [-0.4, -0.2) is 40.4 Å². The van der Waals surface area contributed by atoms with Gasteiger partial charge in [0.2, 0.25) is 11.8 Å². The third-order valence-corrected chi connectivity index (χ3v) is 7.78. The molecule has 5 rings (SSSR count). The van der Waals surface area contributed by atoms with E-state index < -0.39 is 29.6 Å². The van der Waals surface area contributed by atoms with Crippen LogP contribution in [0.25, 0.3) is 11.3 Å². The highest BCUT2D eigenvalue weighted by molar-refractivity contribution is 8.00. The second-order valence-corrected chi connectivity index (χ2v) is 10.6. The van der Waals surface area contributed by atoms with Crippen LogP contribution in [0.4, 0.5) is 11.5 Å². The molecule has 212 valence electrons. The molecular formula is C31H21N5O6S. The number of nitrogens with two attached hydrogens (primary N) is 1. The molecule has 0 radical (unpaired) electrons. The number of hydrogen-bond acceptors (Lipinski definition) is 11. The molecular weight excluding hydrogens is 570 g/mol. The SMILES string of the molecule is Cc1ccc(C(=O)COC(=O)c2ccc(N3C(=O)CC(Sc4nc(N)c(C#N)c(-c5ccco5)c4C#N)C3=O)cc2)cc1. The van der Waals surface area contributed by atoms with Gasteiger partial charge in [0.15, 0.2) is 12.4 Å². The smallest absolute Gasteiger partial charge is 0.338 e. The maximum absolute atomic E-state index is 13.3. The number of imide groups is 1. The molecule has 1 aliphatic rings. The van der Waals surface area contributed by atoms with Crippen molar-refractivity contribution in [2.45, 2.75) is 23.6 Å². The van der Waals surface area contributed by atoms with Crippen molar-refractivity contribution in [1.29, 1.82) is 10.5 Å². The fourth-order valence-corrected chi connectivity index (χ4v) is 5.55. The molecule has 11 nitrogen and oxygen atoms in total. The van der Waals surface area contributed by atoms with Crippen molar-refractivity contribution < 1.29 is 28.3 Å². The largest absolute Gasteiger partial charge is 0.464 e. The molecule has 12 heteroatoms. The first-order valence-corrected chi connectivity index (χ1v) is 13.7. The minimum Gasteiger partial charge on any atom is -0.464 e. The topological polar surface area (TPSA) is 180 Å². The van der Waals surface area contributed by atoms with E-state index in [9.17, 15) is 29.7 Å². The van der Waals surface area contributed by atoms with E-state index in [0.29, 0.717) is 5.56 Å². The summed E-state index contributed by atoms with van der Waals surface area (Å²) in [7, 11) is 0. The van der Waals surface area contributed by atoms with Crippen molar-refractivity contribution in [3.63, 3.8) is 0 Å². The summed E-state index contributed by atoms with van der Waals surface area (Å²) in [6, 6.07) is 19.6. The Labute approximate surface area is 249 Å². The Bertz CT molecular complexity index is 1840. The number of pyridine rings is 1. The van der Waals surface area contributed by atoms with Crippen LogP contribution < -0.4 is 10.6 Å². The van der Waals surface area contributed by atoms with Gasteiger partial charge in [0.05, 0.1) is 33.9 Å². The van der Waals surface area contributed by atoms with Gasteiger partial charge in [0.25, 0.3) is 0 Å². The molecule has 1 aliphatic heterocycles. The lowest BCUT2D eigenvalue weighted by molar-refractivity contribution is -0.121. The molecule has 0 spiro atoms. The first kappa shape index (κ1) is 28.8. The van der Waals surface area contributed by atoms with Gasteiger partial charge in [-0.3, -0.25) is 14.4 Å². The Morgan fingerprint density at radius 2 is 1.72 bits per heavy atom. The molecule has 3 heterocycles. The van der Waals surface area contributed by atoms with E-state index in [0.717, 1.165) is 22.2 Å². The molecule has 1 saturated heterocycles. The number of furan rings is 1. The highest BCUT2D eigenvalue weighted by Gasteiger charge is 2.41. The average Bonchev–Trinajstić information content (AvgIpc) is 3.63. The maximum Gasteiger partial charge on any atom is 0.338 e. The Morgan fingerprint density at radius 3 is 2.35 bits per heavy atom.